The Kier molecular flexibility index (Phi) is 5.06. The van der Waals surface area contributed by atoms with Crippen molar-refractivity contribution in [3.8, 4) is 0 Å². The van der Waals surface area contributed by atoms with Crippen LogP contribution in [0.15, 0.2) is 0 Å². The predicted molar refractivity (Wildman–Crippen MR) is 79.2 cm³/mol. The van der Waals surface area contributed by atoms with Gasteiger partial charge in [0.2, 0.25) is 11.8 Å². The van der Waals surface area contributed by atoms with E-state index in [1.165, 1.54) is 19.3 Å². The van der Waals surface area contributed by atoms with Crippen molar-refractivity contribution in [1.82, 2.24) is 10.2 Å². The molecule has 1 aliphatic carbocycles. The van der Waals surface area contributed by atoms with Gasteiger partial charge in [-0.2, -0.15) is 0 Å². The third-order valence-electron chi connectivity index (χ3n) is 4.92. The lowest BCUT2D eigenvalue weighted by atomic mass is 9.96. The van der Waals surface area contributed by atoms with Crippen LogP contribution in [0.5, 0.6) is 0 Å². The summed E-state index contributed by atoms with van der Waals surface area (Å²) in [5.74, 6) is 0.922. The number of carbonyl (C=O) groups excluding carboxylic acids is 2. The molecule has 2 rings (SSSR count). The van der Waals surface area contributed by atoms with Crippen molar-refractivity contribution in [2.45, 2.75) is 83.8 Å². The highest BCUT2D eigenvalue weighted by Crippen LogP contribution is 2.29. The van der Waals surface area contributed by atoms with Crippen molar-refractivity contribution in [2.24, 2.45) is 5.92 Å². The summed E-state index contributed by atoms with van der Waals surface area (Å²) >= 11 is 0. The maximum atomic E-state index is 12.7. The molecule has 114 valence electrons. The summed E-state index contributed by atoms with van der Waals surface area (Å²) in [6.45, 7) is 6.25. The lowest BCUT2D eigenvalue weighted by Crippen LogP contribution is -2.65. The Labute approximate surface area is 122 Å². The van der Waals surface area contributed by atoms with Crippen molar-refractivity contribution in [3.05, 3.63) is 0 Å². The first-order valence-electron chi connectivity index (χ1n) is 8.21. The minimum absolute atomic E-state index is 0.0382. The van der Waals surface area contributed by atoms with Gasteiger partial charge in [0.05, 0.1) is 0 Å². The van der Waals surface area contributed by atoms with Crippen molar-refractivity contribution >= 4 is 11.8 Å². The average molecular weight is 280 g/mol. The standard InChI is InChI=1S/C16H28N2O2/c1-4-13-16(20)18(14(5-2)15(19)17-13)12-8-6-7-11(3)9-10-12/h11-14H,4-10H2,1-3H3,(H,17,19). The molecule has 2 fully saturated rings. The molecule has 2 aliphatic rings. The highest BCUT2D eigenvalue weighted by Gasteiger charge is 2.42. The van der Waals surface area contributed by atoms with Gasteiger partial charge in [-0.25, -0.2) is 0 Å². The molecule has 4 nitrogen and oxygen atoms in total. The quantitative estimate of drug-likeness (QED) is 0.807. The Balaban J connectivity index is 2.19. The zero-order valence-electron chi connectivity index (χ0n) is 13.0. The van der Waals surface area contributed by atoms with E-state index >= 15 is 0 Å². The molecule has 4 unspecified atom stereocenters. The Morgan fingerprint density at radius 2 is 1.85 bits per heavy atom. The highest BCUT2D eigenvalue weighted by molar-refractivity contribution is 5.97. The van der Waals surface area contributed by atoms with Crippen LogP contribution in [-0.2, 0) is 9.59 Å². The van der Waals surface area contributed by atoms with Gasteiger partial charge in [-0.3, -0.25) is 9.59 Å². The van der Waals surface area contributed by atoms with Gasteiger partial charge >= 0.3 is 0 Å². The van der Waals surface area contributed by atoms with Gasteiger partial charge in [-0.15, -0.1) is 0 Å². The zero-order chi connectivity index (χ0) is 14.7. The normalized spacial score (nSPS) is 35.6. The van der Waals surface area contributed by atoms with Crippen LogP contribution in [0.2, 0.25) is 0 Å². The molecular weight excluding hydrogens is 252 g/mol. The van der Waals surface area contributed by atoms with E-state index in [-0.39, 0.29) is 29.9 Å². The highest BCUT2D eigenvalue weighted by atomic mass is 16.2. The second-order valence-electron chi connectivity index (χ2n) is 6.41. The maximum Gasteiger partial charge on any atom is 0.246 e. The van der Waals surface area contributed by atoms with Crippen LogP contribution in [-0.4, -0.2) is 34.8 Å². The van der Waals surface area contributed by atoms with Crippen LogP contribution in [0.4, 0.5) is 0 Å². The molecule has 2 amide bonds. The second kappa shape index (κ2) is 6.59. The van der Waals surface area contributed by atoms with Gasteiger partial charge in [0.1, 0.15) is 12.1 Å². The van der Waals surface area contributed by atoms with Crippen molar-refractivity contribution in [2.75, 3.05) is 0 Å². The minimum atomic E-state index is -0.314. The fraction of sp³-hybridized carbons (Fsp3) is 0.875. The monoisotopic (exact) mass is 280 g/mol. The van der Waals surface area contributed by atoms with E-state index < -0.39 is 0 Å². The molecular formula is C16H28N2O2. The van der Waals surface area contributed by atoms with E-state index in [9.17, 15) is 9.59 Å². The fourth-order valence-corrected chi connectivity index (χ4v) is 3.63. The van der Waals surface area contributed by atoms with Gasteiger partial charge < -0.3 is 10.2 Å². The molecule has 1 N–H and O–H groups in total. The van der Waals surface area contributed by atoms with Crippen molar-refractivity contribution in [1.29, 1.82) is 0 Å². The third-order valence-corrected chi connectivity index (χ3v) is 4.92. The van der Waals surface area contributed by atoms with Crippen LogP contribution >= 0.6 is 0 Å². The maximum absolute atomic E-state index is 12.7. The summed E-state index contributed by atoms with van der Waals surface area (Å²) in [6.07, 6.45) is 7.08. The Hall–Kier alpha value is -1.06. The Bertz CT molecular complexity index is 369. The fourth-order valence-electron chi connectivity index (χ4n) is 3.63. The van der Waals surface area contributed by atoms with Gasteiger partial charge in [-0.1, -0.05) is 33.6 Å². The van der Waals surface area contributed by atoms with Gasteiger partial charge in [0, 0.05) is 6.04 Å². The smallest absolute Gasteiger partial charge is 0.246 e. The van der Waals surface area contributed by atoms with E-state index in [0.29, 0.717) is 12.8 Å². The van der Waals surface area contributed by atoms with Crippen molar-refractivity contribution in [3.63, 3.8) is 0 Å². The number of carbonyl (C=O) groups is 2. The topological polar surface area (TPSA) is 49.4 Å². The zero-order valence-corrected chi connectivity index (χ0v) is 13.0. The molecule has 0 aromatic carbocycles. The average Bonchev–Trinajstić information content (AvgIpc) is 2.65. The summed E-state index contributed by atoms with van der Waals surface area (Å²) in [6, 6.07) is -0.313. The third kappa shape index (κ3) is 2.99. The lowest BCUT2D eigenvalue weighted by molar-refractivity contribution is -0.152. The number of rotatable bonds is 3. The first-order valence-corrected chi connectivity index (χ1v) is 8.21. The first-order chi connectivity index (χ1) is 9.58. The number of amides is 2. The van der Waals surface area contributed by atoms with E-state index in [4.69, 9.17) is 0 Å². The van der Waals surface area contributed by atoms with Crippen molar-refractivity contribution < 1.29 is 9.59 Å². The number of hydrogen-bond donors (Lipinski definition) is 1. The molecule has 0 radical (unpaired) electrons. The largest absolute Gasteiger partial charge is 0.343 e. The summed E-state index contributed by atoms with van der Waals surface area (Å²) in [4.78, 5) is 26.8. The Morgan fingerprint density at radius 3 is 2.50 bits per heavy atom. The van der Waals surface area contributed by atoms with Crippen LogP contribution in [0, 0.1) is 5.92 Å². The summed E-state index contributed by atoms with van der Waals surface area (Å²) < 4.78 is 0. The molecule has 20 heavy (non-hydrogen) atoms. The predicted octanol–water partition coefficient (Wildman–Crippen LogP) is 2.47. The van der Waals surface area contributed by atoms with E-state index in [1.54, 1.807) is 0 Å². The summed E-state index contributed by atoms with van der Waals surface area (Å²) in [7, 11) is 0. The van der Waals surface area contributed by atoms with E-state index in [2.05, 4.69) is 12.2 Å². The van der Waals surface area contributed by atoms with Crippen LogP contribution < -0.4 is 5.32 Å². The SMILES string of the molecule is CCC1NC(=O)C(CC)N(C2CCCC(C)CC2)C1=O. The van der Waals surface area contributed by atoms with Gasteiger partial charge in [0.15, 0.2) is 0 Å². The molecule has 1 saturated carbocycles. The number of nitrogens with one attached hydrogen (secondary N) is 1. The number of piperazine rings is 1. The van der Waals surface area contributed by atoms with Crippen LogP contribution in [0.3, 0.4) is 0 Å². The molecule has 4 atom stereocenters. The summed E-state index contributed by atoms with van der Waals surface area (Å²) in [5, 5.41) is 2.88. The van der Waals surface area contributed by atoms with E-state index in [0.717, 1.165) is 18.8 Å². The second-order valence-corrected chi connectivity index (χ2v) is 6.41. The summed E-state index contributed by atoms with van der Waals surface area (Å²) in [5.41, 5.74) is 0. The molecule has 1 aliphatic heterocycles. The Morgan fingerprint density at radius 1 is 1.10 bits per heavy atom. The van der Waals surface area contributed by atoms with E-state index in [1.807, 2.05) is 18.7 Å². The molecule has 4 heteroatoms. The number of nitrogens with zero attached hydrogens (tertiary/aromatic N) is 1. The molecule has 1 heterocycles. The van der Waals surface area contributed by atoms with Gasteiger partial charge in [-0.05, 0) is 38.0 Å². The van der Waals surface area contributed by atoms with Crippen LogP contribution in [0.1, 0.15) is 65.7 Å². The van der Waals surface area contributed by atoms with Crippen LogP contribution in [0.25, 0.3) is 0 Å². The minimum Gasteiger partial charge on any atom is -0.343 e. The molecule has 1 saturated heterocycles. The molecule has 0 aromatic rings. The lowest BCUT2D eigenvalue weighted by Gasteiger charge is -2.43. The van der Waals surface area contributed by atoms with Gasteiger partial charge in [0.25, 0.3) is 0 Å². The number of hydrogen-bond acceptors (Lipinski definition) is 2. The molecule has 0 bridgehead atoms. The molecule has 0 spiro atoms. The first kappa shape index (κ1) is 15.3. The molecule has 0 aromatic heterocycles.